The molecule has 1 unspecified atom stereocenters. The zero-order chi connectivity index (χ0) is 15.4. The normalized spacial score (nSPS) is 17.7. The molecule has 0 bridgehead atoms. The van der Waals surface area contributed by atoms with E-state index in [0.717, 1.165) is 30.6 Å². The molecule has 0 spiro atoms. The molecule has 2 heterocycles. The molecule has 1 atom stereocenters. The summed E-state index contributed by atoms with van der Waals surface area (Å²) in [6, 6.07) is 7.59. The van der Waals surface area contributed by atoms with Crippen molar-refractivity contribution >= 4 is 5.91 Å². The molecule has 0 aliphatic carbocycles. The van der Waals surface area contributed by atoms with Crippen molar-refractivity contribution in [3.8, 4) is 11.3 Å². The van der Waals surface area contributed by atoms with Crippen molar-refractivity contribution in [2.45, 2.75) is 25.6 Å². The Balaban J connectivity index is 1.74. The van der Waals surface area contributed by atoms with Crippen LogP contribution in [0.15, 0.2) is 24.3 Å². The Bertz CT molecular complexity index is 650. The van der Waals surface area contributed by atoms with Gasteiger partial charge in [-0.05, 0) is 18.4 Å². The Morgan fingerprint density at radius 2 is 2.27 bits per heavy atom. The van der Waals surface area contributed by atoms with Crippen LogP contribution in [0.4, 0.5) is 0 Å². The molecule has 2 aromatic rings. The van der Waals surface area contributed by atoms with Crippen LogP contribution in [0.2, 0.25) is 0 Å². The minimum Gasteiger partial charge on any atom is -0.376 e. The molecule has 22 heavy (non-hydrogen) atoms. The molecule has 116 valence electrons. The highest BCUT2D eigenvalue weighted by molar-refractivity contribution is 5.96. The molecule has 1 aromatic carbocycles. The molecule has 3 N–H and O–H groups in total. The van der Waals surface area contributed by atoms with E-state index in [2.05, 4.69) is 15.4 Å². The number of ether oxygens (including phenoxy) is 2. The third kappa shape index (κ3) is 3.15. The fraction of sp³-hybridized carbons (Fsp3) is 0.400. The standard InChI is InChI=1S/C15H18N4O3/c16-15(20)14-13(17-19-18-14)12-6-2-1-4-10(12)8-21-9-11-5-3-7-22-11/h1-2,4,6,11H,3,5,7-9H2,(H2,16,20)(H,17,18,19). The number of nitrogens with one attached hydrogen (secondary N) is 1. The minimum atomic E-state index is -0.612. The highest BCUT2D eigenvalue weighted by atomic mass is 16.5. The summed E-state index contributed by atoms with van der Waals surface area (Å²) in [5.74, 6) is -0.612. The monoisotopic (exact) mass is 302 g/mol. The lowest BCUT2D eigenvalue weighted by molar-refractivity contribution is 0.0107. The fourth-order valence-corrected chi connectivity index (χ4v) is 2.54. The summed E-state index contributed by atoms with van der Waals surface area (Å²) in [7, 11) is 0. The Morgan fingerprint density at radius 1 is 1.41 bits per heavy atom. The molecule has 7 heteroatoms. The second kappa shape index (κ2) is 6.67. The average Bonchev–Trinajstić information content (AvgIpc) is 3.19. The molecule has 1 aliphatic heterocycles. The van der Waals surface area contributed by atoms with Gasteiger partial charge >= 0.3 is 0 Å². The Labute approximate surface area is 127 Å². The largest absolute Gasteiger partial charge is 0.376 e. The molecular weight excluding hydrogens is 284 g/mol. The lowest BCUT2D eigenvalue weighted by Gasteiger charge is -2.12. The van der Waals surface area contributed by atoms with Crippen LogP contribution in [-0.2, 0) is 16.1 Å². The van der Waals surface area contributed by atoms with Crippen molar-refractivity contribution in [3.63, 3.8) is 0 Å². The van der Waals surface area contributed by atoms with E-state index in [-0.39, 0.29) is 11.8 Å². The number of carbonyl (C=O) groups excluding carboxylic acids is 1. The minimum absolute atomic E-state index is 0.131. The molecule has 3 rings (SSSR count). The lowest BCUT2D eigenvalue weighted by Crippen LogP contribution is -2.14. The number of carbonyl (C=O) groups is 1. The highest BCUT2D eigenvalue weighted by Gasteiger charge is 2.19. The van der Waals surface area contributed by atoms with Crippen LogP contribution in [0.3, 0.4) is 0 Å². The number of rotatable bonds is 6. The number of primary amides is 1. The summed E-state index contributed by atoms with van der Waals surface area (Å²) >= 11 is 0. The summed E-state index contributed by atoms with van der Waals surface area (Å²) in [4.78, 5) is 11.4. The van der Waals surface area contributed by atoms with Crippen LogP contribution < -0.4 is 5.73 Å². The third-order valence-electron chi connectivity index (χ3n) is 3.64. The number of aromatic amines is 1. The van der Waals surface area contributed by atoms with E-state index in [0.29, 0.717) is 18.9 Å². The van der Waals surface area contributed by atoms with Gasteiger partial charge in [-0.2, -0.15) is 15.4 Å². The van der Waals surface area contributed by atoms with Crippen LogP contribution in [0, 0.1) is 0 Å². The highest BCUT2D eigenvalue weighted by Crippen LogP contribution is 2.24. The first kappa shape index (κ1) is 14.7. The number of amides is 1. The van der Waals surface area contributed by atoms with Gasteiger partial charge in [0, 0.05) is 12.2 Å². The Morgan fingerprint density at radius 3 is 3.05 bits per heavy atom. The zero-order valence-corrected chi connectivity index (χ0v) is 12.1. The van der Waals surface area contributed by atoms with Crippen molar-refractivity contribution in [3.05, 3.63) is 35.5 Å². The van der Waals surface area contributed by atoms with Gasteiger partial charge in [0.25, 0.3) is 5.91 Å². The second-order valence-corrected chi connectivity index (χ2v) is 5.19. The lowest BCUT2D eigenvalue weighted by atomic mass is 10.0. The summed E-state index contributed by atoms with van der Waals surface area (Å²) in [5.41, 5.74) is 7.62. The van der Waals surface area contributed by atoms with Gasteiger partial charge < -0.3 is 15.2 Å². The van der Waals surface area contributed by atoms with Crippen LogP contribution in [0.25, 0.3) is 11.3 Å². The fourth-order valence-electron chi connectivity index (χ4n) is 2.54. The first-order valence-corrected chi connectivity index (χ1v) is 7.24. The maximum Gasteiger partial charge on any atom is 0.271 e. The van der Waals surface area contributed by atoms with Crippen molar-refractivity contribution in [2.75, 3.05) is 13.2 Å². The van der Waals surface area contributed by atoms with Gasteiger partial charge in [0.1, 0.15) is 5.69 Å². The van der Waals surface area contributed by atoms with Gasteiger partial charge in [0.15, 0.2) is 5.69 Å². The van der Waals surface area contributed by atoms with Crippen LogP contribution in [0.1, 0.15) is 28.9 Å². The zero-order valence-electron chi connectivity index (χ0n) is 12.1. The number of hydrogen-bond donors (Lipinski definition) is 2. The molecule has 1 amide bonds. The molecule has 1 aliphatic rings. The van der Waals surface area contributed by atoms with Crippen molar-refractivity contribution < 1.29 is 14.3 Å². The third-order valence-corrected chi connectivity index (χ3v) is 3.64. The SMILES string of the molecule is NC(=O)c1n[nH]nc1-c1ccccc1COCC1CCCO1. The van der Waals surface area contributed by atoms with Crippen LogP contribution >= 0.6 is 0 Å². The number of H-pyrrole nitrogens is 1. The smallest absolute Gasteiger partial charge is 0.271 e. The molecule has 1 aromatic heterocycles. The van der Waals surface area contributed by atoms with Crippen molar-refractivity contribution in [1.29, 1.82) is 0 Å². The van der Waals surface area contributed by atoms with Crippen LogP contribution in [-0.4, -0.2) is 40.6 Å². The van der Waals surface area contributed by atoms with Gasteiger partial charge in [-0.25, -0.2) is 0 Å². The maximum absolute atomic E-state index is 11.4. The van der Waals surface area contributed by atoms with E-state index < -0.39 is 5.91 Å². The summed E-state index contributed by atoms with van der Waals surface area (Å²) < 4.78 is 11.3. The Hall–Kier alpha value is -2.25. The summed E-state index contributed by atoms with van der Waals surface area (Å²) in [6.45, 7) is 1.79. The maximum atomic E-state index is 11.4. The molecule has 1 fully saturated rings. The number of nitrogens with two attached hydrogens (primary N) is 1. The van der Waals surface area contributed by atoms with E-state index in [9.17, 15) is 4.79 Å². The number of hydrogen-bond acceptors (Lipinski definition) is 5. The van der Waals surface area contributed by atoms with Gasteiger partial charge in [-0.3, -0.25) is 4.79 Å². The molecule has 1 saturated heterocycles. The van der Waals surface area contributed by atoms with Crippen molar-refractivity contribution in [1.82, 2.24) is 15.4 Å². The van der Waals surface area contributed by atoms with Gasteiger partial charge in [-0.15, -0.1) is 0 Å². The van der Waals surface area contributed by atoms with Crippen molar-refractivity contribution in [2.24, 2.45) is 5.73 Å². The van der Waals surface area contributed by atoms with E-state index in [1.807, 2.05) is 24.3 Å². The average molecular weight is 302 g/mol. The van der Waals surface area contributed by atoms with Crippen LogP contribution in [0.5, 0.6) is 0 Å². The van der Waals surface area contributed by atoms with E-state index >= 15 is 0 Å². The summed E-state index contributed by atoms with van der Waals surface area (Å²) in [5, 5.41) is 10.3. The number of benzene rings is 1. The molecule has 0 saturated carbocycles. The summed E-state index contributed by atoms with van der Waals surface area (Å²) in [6.07, 6.45) is 2.31. The molecule has 0 radical (unpaired) electrons. The molecular formula is C15H18N4O3. The first-order chi connectivity index (χ1) is 10.8. The quantitative estimate of drug-likeness (QED) is 0.836. The number of nitrogens with zero attached hydrogens (tertiary/aromatic N) is 2. The molecule has 7 nitrogen and oxygen atoms in total. The predicted octanol–water partition coefficient (Wildman–Crippen LogP) is 1.27. The second-order valence-electron chi connectivity index (χ2n) is 5.19. The Kier molecular flexibility index (Phi) is 4.45. The van der Waals surface area contributed by atoms with E-state index in [1.165, 1.54) is 0 Å². The van der Waals surface area contributed by atoms with E-state index in [4.69, 9.17) is 15.2 Å². The van der Waals surface area contributed by atoms with Gasteiger partial charge in [0.2, 0.25) is 0 Å². The number of aromatic nitrogens is 3. The van der Waals surface area contributed by atoms with E-state index in [1.54, 1.807) is 0 Å². The first-order valence-electron chi connectivity index (χ1n) is 7.24. The predicted molar refractivity (Wildman–Crippen MR) is 79.0 cm³/mol. The topological polar surface area (TPSA) is 103 Å². The van der Waals surface area contributed by atoms with Gasteiger partial charge in [-0.1, -0.05) is 24.3 Å². The van der Waals surface area contributed by atoms with Gasteiger partial charge in [0.05, 0.1) is 19.3 Å².